The summed E-state index contributed by atoms with van der Waals surface area (Å²) in [6.45, 7) is 13.1. The average molecular weight is 242 g/mol. The molecule has 0 spiro atoms. The highest BCUT2D eigenvalue weighted by atomic mass is 16.5. The summed E-state index contributed by atoms with van der Waals surface area (Å²) in [5.41, 5.74) is 0. The minimum Gasteiger partial charge on any atom is -0.380 e. The number of nitrogens with one attached hydrogen (secondary N) is 1. The van der Waals surface area contributed by atoms with E-state index in [2.05, 4.69) is 31.0 Å². The third-order valence-electron chi connectivity index (χ3n) is 3.31. The molecule has 0 atom stereocenters. The van der Waals surface area contributed by atoms with Gasteiger partial charge in [0.25, 0.3) is 0 Å². The van der Waals surface area contributed by atoms with Crippen LogP contribution in [0.25, 0.3) is 0 Å². The first-order valence-electron chi connectivity index (χ1n) is 7.26. The van der Waals surface area contributed by atoms with Gasteiger partial charge < -0.3 is 10.1 Å². The molecule has 1 heterocycles. The van der Waals surface area contributed by atoms with Crippen LogP contribution in [0.15, 0.2) is 0 Å². The van der Waals surface area contributed by atoms with Crippen molar-refractivity contribution in [1.29, 1.82) is 0 Å². The molecule has 102 valence electrons. The van der Waals surface area contributed by atoms with Gasteiger partial charge in [0.15, 0.2) is 0 Å². The van der Waals surface area contributed by atoms with Gasteiger partial charge in [0.1, 0.15) is 0 Å². The van der Waals surface area contributed by atoms with Crippen LogP contribution in [0.5, 0.6) is 0 Å². The van der Waals surface area contributed by atoms with Crippen molar-refractivity contribution >= 4 is 0 Å². The fourth-order valence-electron chi connectivity index (χ4n) is 2.44. The fourth-order valence-corrected chi connectivity index (χ4v) is 2.44. The molecule has 1 aliphatic rings. The zero-order valence-corrected chi connectivity index (χ0v) is 11.9. The molecule has 0 aromatic carbocycles. The number of nitrogens with zero attached hydrogens (tertiary/aromatic N) is 1. The van der Waals surface area contributed by atoms with E-state index in [0.29, 0.717) is 5.92 Å². The molecule has 1 rings (SSSR count). The van der Waals surface area contributed by atoms with E-state index in [1.165, 1.54) is 38.9 Å². The van der Waals surface area contributed by atoms with Crippen molar-refractivity contribution in [3.63, 3.8) is 0 Å². The molecule has 0 aliphatic carbocycles. The number of hydrogen-bond acceptors (Lipinski definition) is 3. The van der Waals surface area contributed by atoms with Crippen molar-refractivity contribution in [2.24, 2.45) is 5.92 Å². The SMILES string of the molecule is CCCN(CCOCC(C)C)C1CCNCC1. The Hall–Kier alpha value is -0.120. The predicted molar refractivity (Wildman–Crippen MR) is 73.4 cm³/mol. The van der Waals surface area contributed by atoms with Crippen LogP contribution < -0.4 is 5.32 Å². The Kier molecular flexibility index (Phi) is 7.82. The Morgan fingerprint density at radius 3 is 2.53 bits per heavy atom. The topological polar surface area (TPSA) is 24.5 Å². The highest BCUT2D eigenvalue weighted by Crippen LogP contribution is 2.12. The second kappa shape index (κ2) is 8.90. The lowest BCUT2D eigenvalue weighted by molar-refractivity contribution is 0.0654. The molecular weight excluding hydrogens is 212 g/mol. The normalized spacial score (nSPS) is 18.2. The molecule has 3 heteroatoms. The lowest BCUT2D eigenvalue weighted by atomic mass is 10.0. The molecule has 0 radical (unpaired) electrons. The number of rotatable bonds is 8. The van der Waals surface area contributed by atoms with Gasteiger partial charge in [-0.2, -0.15) is 0 Å². The molecule has 1 N–H and O–H groups in total. The lowest BCUT2D eigenvalue weighted by Gasteiger charge is -2.34. The summed E-state index contributed by atoms with van der Waals surface area (Å²) in [6.07, 6.45) is 3.84. The maximum atomic E-state index is 5.71. The molecule has 0 saturated carbocycles. The summed E-state index contributed by atoms with van der Waals surface area (Å²) in [5.74, 6) is 0.647. The summed E-state index contributed by atoms with van der Waals surface area (Å²) < 4.78 is 5.71. The Bertz CT molecular complexity index is 179. The molecule has 0 amide bonds. The van der Waals surface area contributed by atoms with Gasteiger partial charge in [-0.1, -0.05) is 20.8 Å². The van der Waals surface area contributed by atoms with Crippen molar-refractivity contribution in [3.05, 3.63) is 0 Å². The summed E-state index contributed by atoms with van der Waals surface area (Å²) in [6, 6.07) is 0.777. The lowest BCUT2D eigenvalue weighted by Crippen LogP contribution is -2.44. The zero-order valence-electron chi connectivity index (χ0n) is 11.9. The average Bonchev–Trinajstić information content (AvgIpc) is 2.34. The van der Waals surface area contributed by atoms with E-state index in [9.17, 15) is 0 Å². The Morgan fingerprint density at radius 1 is 1.24 bits per heavy atom. The van der Waals surface area contributed by atoms with Gasteiger partial charge in [0.05, 0.1) is 6.61 Å². The molecule has 17 heavy (non-hydrogen) atoms. The van der Waals surface area contributed by atoms with E-state index in [-0.39, 0.29) is 0 Å². The first kappa shape index (κ1) is 14.9. The quantitative estimate of drug-likeness (QED) is 0.660. The molecular formula is C14H30N2O. The van der Waals surface area contributed by atoms with Gasteiger partial charge in [0, 0.05) is 19.2 Å². The van der Waals surface area contributed by atoms with Gasteiger partial charge in [-0.05, 0) is 44.8 Å². The van der Waals surface area contributed by atoms with Gasteiger partial charge >= 0.3 is 0 Å². The van der Waals surface area contributed by atoms with Gasteiger partial charge in [0.2, 0.25) is 0 Å². The van der Waals surface area contributed by atoms with Crippen molar-refractivity contribution in [2.45, 2.75) is 46.1 Å². The van der Waals surface area contributed by atoms with E-state index in [1.807, 2.05) is 0 Å². The molecule has 0 aromatic heterocycles. The van der Waals surface area contributed by atoms with Crippen LogP contribution in [0.2, 0.25) is 0 Å². The number of piperidine rings is 1. The predicted octanol–water partition coefficient (Wildman–Crippen LogP) is 2.12. The Morgan fingerprint density at radius 2 is 1.94 bits per heavy atom. The largest absolute Gasteiger partial charge is 0.380 e. The highest BCUT2D eigenvalue weighted by molar-refractivity contribution is 4.77. The third-order valence-corrected chi connectivity index (χ3v) is 3.31. The molecule has 0 unspecified atom stereocenters. The molecule has 3 nitrogen and oxygen atoms in total. The summed E-state index contributed by atoms with van der Waals surface area (Å²) >= 11 is 0. The van der Waals surface area contributed by atoms with Gasteiger partial charge in [-0.15, -0.1) is 0 Å². The van der Waals surface area contributed by atoms with E-state index in [4.69, 9.17) is 4.74 Å². The summed E-state index contributed by atoms with van der Waals surface area (Å²) in [7, 11) is 0. The Labute approximate surface area is 107 Å². The van der Waals surface area contributed by atoms with Crippen LogP contribution in [-0.2, 0) is 4.74 Å². The van der Waals surface area contributed by atoms with E-state index < -0.39 is 0 Å². The van der Waals surface area contributed by atoms with Crippen LogP contribution in [-0.4, -0.2) is 50.3 Å². The maximum absolute atomic E-state index is 5.71. The molecule has 0 bridgehead atoms. The molecule has 0 aromatic rings. The van der Waals surface area contributed by atoms with Gasteiger partial charge in [-0.3, -0.25) is 4.90 Å². The first-order chi connectivity index (χ1) is 8.24. The Balaban J connectivity index is 2.21. The molecule has 1 saturated heterocycles. The fraction of sp³-hybridized carbons (Fsp3) is 1.00. The van der Waals surface area contributed by atoms with E-state index in [1.54, 1.807) is 0 Å². The van der Waals surface area contributed by atoms with Crippen LogP contribution >= 0.6 is 0 Å². The van der Waals surface area contributed by atoms with E-state index >= 15 is 0 Å². The molecule has 1 aliphatic heterocycles. The number of ether oxygens (including phenoxy) is 1. The van der Waals surface area contributed by atoms with Gasteiger partial charge in [-0.25, -0.2) is 0 Å². The van der Waals surface area contributed by atoms with Crippen LogP contribution in [0.3, 0.4) is 0 Å². The first-order valence-corrected chi connectivity index (χ1v) is 7.26. The van der Waals surface area contributed by atoms with Crippen LogP contribution in [0.4, 0.5) is 0 Å². The summed E-state index contributed by atoms with van der Waals surface area (Å²) in [5, 5.41) is 3.44. The third kappa shape index (κ3) is 6.39. The monoisotopic (exact) mass is 242 g/mol. The van der Waals surface area contributed by atoms with Crippen LogP contribution in [0.1, 0.15) is 40.0 Å². The van der Waals surface area contributed by atoms with E-state index in [0.717, 1.165) is 25.8 Å². The number of hydrogen-bond donors (Lipinski definition) is 1. The molecule has 1 fully saturated rings. The van der Waals surface area contributed by atoms with Crippen molar-refractivity contribution in [2.75, 3.05) is 39.4 Å². The minimum absolute atomic E-state index is 0.647. The second-order valence-electron chi connectivity index (χ2n) is 5.49. The zero-order chi connectivity index (χ0) is 12.5. The van der Waals surface area contributed by atoms with Crippen LogP contribution in [0, 0.1) is 5.92 Å². The van der Waals surface area contributed by atoms with Crippen molar-refractivity contribution in [3.8, 4) is 0 Å². The van der Waals surface area contributed by atoms with Crippen molar-refractivity contribution < 1.29 is 4.74 Å². The highest BCUT2D eigenvalue weighted by Gasteiger charge is 2.19. The minimum atomic E-state index is 0.647. The maximum Gasteiger partial charge on any atom is 0.0593 e. The second-order valence-corrected chi connectivity index (χ2v) is 5.49. The van der Waals surface area contributed by atoms with Crippen molar-refractivity contribution in [1.82, 2.24) is 10.2 Å². The summed E-state index contributed by atoms with van der Waals surface area (Å²) in [4.78, 5) is 2.63. The smallest absolute Gasteiger partial charge is 0.0593 e. The standard InChI is InChI=1S/C14H30N2O/c1-4-9-16(10-11-17-12-13(2)3)14-5-7-15-8-6-14/h13-15H,4-12H2,1-3H3.